The van der Waals surface area contributed by atoms with Gasteiger partial charge in [0.05, 0.1) is 17.7 Å². The van der Waals surface area contributed by atoms with Crippen LogP contribution in [0.3, 0.4) is 0 Å². The van der Waals surface area contributed by atoms with Crippen LogP contribution in [0.15, 0.2) is 64.6 Å². The lowest BCUT2D eigenvalue weighted by molar-refractivity contribution is -0.384. The smallest absolute Gasteiger partial charge is 0.335 e. The van der Waals surface area contributed by atoms with Crippen LogP contribution in [0, 0.1) is 10.1 Å². The fraction of sp³-hybridized carbons (Fsp3) is 0.0455. The van der Waals surface area contributed by atoms with Crippen molar-refractivity contribution in [3.63, 3.8) is 0 Å². The summed E-state index contributed by atoms with van der Waals surface area (Å²) in [7, 11) is 1.48. The summed E-state index contributed by atoms with van der Waals surface area (Å²) >= 11 is 5.83. The average Bonchev–Trinajstić information content (AvgIpc) is 3.26. The van der Waals surface area contributed by atoms with E-state index < -0.39 is 22.8 Å². The number of halogens is 1. The number of amides is 4. The van der Waals surface area contributed by atoms with Crippen molar-refractivity contribution >= 4 is 46.9 Å². The minimum Gasteiger partial charge on any atom is -0.497 e. The molecule has 0 bridgehead atoms. The number of anilines is 1. The molecule has 11 heteroatoms. The molecule has 4 rings (SSSR count). The van der Waals surface area contributed by atoms with Crippen LogP contribution in [0.1, 0.15) is 5.76 Å². The molecule has 166 valence electrons. The number of carbonyl (C=O) groups excluding carboxylic acids is 3. The van der Waals surface area contributed by atoms with Crippen molar-refractivity contribution in [2.24, 2.45) is 0 Å². The molecule has 1 saturated heterocycles. The molecule has 1 aromatic heterocycles. The van der Waals surface area contributed by atoms with E-state index in [4.69, 9.17) is 20.8 Å². The monoisotopic (exact) mass is 467 g/mol. The largest absolute Gasteiger partial charge is 0.497 e. The van der Waals surface area contributed by atoms with Gasteiger partial charge in [0.15, 0.2) is 0 Å². The van der Waals surface area contributed by atoms with Gasteiger partial charge < -0.3 is 9.15 Å². The molecule has 2 heterocycles. The fourth-order valence-corrected chi connectivity index (χ4v) is 3.34. The second-order valence-corrected chi connectivity index (χ2v) is 7.19. The summed E-state index contributed by atoms with van der Waals surface area (Å²) in [4.78, 5) is 48.9. The number of urea groups is 1. The van der Waals surface area contributed by atoms with Crippen LogP contribution in [0.25, 0.3) is 17.4 Å². The van der Waals surface area contributed by atoms with E-state index in [1.807, 2.05) is 0 Å². The van der Waals surface area contributed by atoms with Crippen LogP contribution in [0.4, 0.5) is 16.2 Å². The second kappa shape index (κ2) is 8.60. The molecule has 2 aromatic carbocycles. The number of nitrogens with zero attached hydrogens (tertiary/aromatic N) is 2. The van der Waals surface area contributed by atoms with Gasteiger partial charge in [0.25, 0.3) is 17.5 Å². The molecule has 0 saturated carbocycles. The zero-order valence-electron chi connectivity index (χ0n) is 16.9. The van der Waals surface area contributed by atoms with Gasteiger partial charge >= 0.3 is 6.03 Å². The summed E-state index contributed by atoms with van der Waals surface area (Å²) in [5.74, 6) is -0.802. The average molecular weight is 468 g/mol. The maximum atomic E-state index is 13.0. The number of ether oxygens (including phenoxy) is 1. The number of imide groups is 2. The first-order valence-electron chi connectivity index (χ1n) is 9.38. The number of benzene rings is 2. The lowest BCUT2D eigenvalue weighted by atomic mass is 10.1. The third kappa shape index (κ3) is 4.19. The highest BCUT2D eigenvalue weighted by Gasteiger charge is 2.37. The summed E-state index contributed by atoms with van der Waals surface area (Å²) in [6.07, 6.45) is 1.19. The van der Waals surface area contributed by atoms with Gasteiger partial charge in [-0.3, -0.25) is 25.0 Å². The Morgan fingerprint density at radius 1 is 1.09 bits per heavy atom. The van der Waals surface area contributed by atoms with Crippen molar-refractivity contribution in [2.45, 2.75) is 0 Å². The quantitative estimate of drug-likeness (QED) is 0.257. The number of hydrogen-bond acceptors (Lipinski definition) is 7. The fourth-order valence-electron chi connectivity index (χ4n) is 3.16. The number of methoxy groups -OCH3 is 1. The lowest BCUT2D eigenvalue weighted by Gasteiger charge is -2.26. The highest BCUT2D eigenvalue weighted by molar-refractivity contribution is 6.39. The Labute approximate surface area is 191 Å². The van der Waals surface area contributed by atoms with Crippen LogP contribution in [0.5, 0.6) is 5.75 Å². The number of nitro groups is 1. The molecule has 3 aromatic rings. The number of furan rings is 1. The predicted octanol–water partition coefficient (Wildman–Crippen LogP) is 4.18. The molecular weight excluding hydrogens is 454 g/mol. The Balaban J connectivity index is 1.66. The predicted molar refractivity (Wildman–Crippen MR) is 118 cm³/mol. The molecule has 1 aliphatic rings. The standard InChI is InChI=1S/C22H14ClN3O7/c1-32-14-5-3-13(4-6-14)25-21(28)16(20(27)24-22(25)29)11-15-7-9-19(33-15)12-2-8-17(23)18(10-12)26(30)31/h2-11H,1H3,(H,24,27,29)/b16-11-. The normalized spacial score (nSPS) is 15.0. The van der Waals surface area contributed by atoms with Crippen LogP contribution in [0.2, 0.25) is 5.02 Å². The molecule has 4 amide bonds. The van der Waals surface area contributed by atoms with E-state index in [2.05, 4.69) is 5.32 Å². The first kappa shape index (κ1) is 21.8. The van der Waals surface area contributed by atoms with E-state index in [9.17, 15) is 24.5 Å². The molecule has 1 aliphatic heterocycles. The van der Waals surface area contributed by atoms with E-state index in [0.717, 1.165) is 4.90 Å². The summed E-state index contributed by atoms with van der Waals surface area (Å²) in [6, 6.07) is 12.4. The van der Waals surface area contributed by atoms with Crippen molar-refractivity contribution in [1.82, 2.24) is 5.32 Å². The van der Waals surface area contributed by atoms with Crippen LogP contribution < -0.4 is 15.0 Å². The SMILES string of the molecule is COc1ccc(N2C(=O)NC(=O)/C(=C/c3ccc(-c4ccc(Cl)c([N+](=O)[O-])c4)o3)C2=O)cc1. The van der Waals surface area contributed by atoms with Crippen molar-refractivity contribution < 1.29 is 28.5 Å². The maximum Gasteiger partial charge on any atom is 0.335 e. The van der Waals surface area contributed by atoms with Gasteiger partial charge in [-0.2, -0.15) is 0 Å². The van der Waals surface area contributed by atoms with Crippen molar-refractivity contribution in [3.05, 3.63) is 81.1 Å². The Morgan fingerprint density at radius 2 is 1.82 bits per heavy atom. The molecule has 0 radical (unpaired) electrons. The van der Waals surface area contributed by atoms with Crippen molar-refractivity contribution in [1.29, 1.82) is 0 Å². The zero-order valence-corrected chi connectivity index (χ0v) is 17.7. The molecule has 0 atom stereocenters. The molecule has 0 aliphatic carbocycles. The lowest BCUT2D eigenvalue weighted by Crippen LogP contribution is -2.54. The minimum atomic E-state index is -0.888. The highest BCUT2D eigenvalue weighted by atomic mass is 35.5. The highest BCUT2D eigenvalue weighted by Crippen LogP contribution is 2.32. The van der Waals surface area contributed by atoms with Gasteiger partial charge in [0.2, 0.25) is 0 Å². The van der Waals surface area contributed by atoms with E-state index in [1.54, 1.807) is 12.1 Å². The van der Waals surface area contributed by atoms with E-state index in [1.165, 1.54) is 55.7 Å². The number of rotatable bonds is 5. The summed E-state index contributed by atoms with van der Waals surface area (Å²) < 4.78 is 10.7. The number of nitrogens with one attached hydrogen (secondary N) is 1. The molecule has 1 fully saturated rings. The van der Waals surface area contributed by atoms with Crippen LogP contribution in [-0.2, 0) is 9.59 Å². The third-order valence-electron chi connectivity index (χ3n) is 4.77. The van der Waals surface area contributed by atoms with E-state index in [-0.39, 0.29) is 33.5 Å². The van der Waals surface area contributed by atoms with Gasteiger partial charge in [0.1, 0.15) is 27.9 Å². The van der Waals surface area contributed by atoms with Crippen LogP contribution in [-0.4, -0.2) is 29.9 Å². The summed E-state index contributed by atoms with van der Waals surface area (Å²) in [6.45, 7) is 0. The van der Waals surface area contributed by atoms with Crippen LogP contribution >= 0.6 is 11.6 Å². The Kier molecular flexibility index (Phi) is 5.67. The molecule has 0 unspecified atom stereocenters. The number of carbonyl (C=O) groups is 3. The summed E-state index contributed by atoms with van der Waals surface area (Å²) in [5.41, 5.74) is 0.00451. The first-order chi connectivity index (χ1) is 15.8. The Hall–Kier alpha value is -4.44. The molecule has 0 spiro atoms. The third-order valence-corrected chi connectivity index (χ3v) is 5.09. The maximum absolute atomic E-state index is 13.0. The van der Waals surface area contributed by atoms with Crippen molar-refractivity contribution in [2.75, 3.05) is 12.0 Å². The molecule has 33 heavy (non-hydrogen) atoms. The van der Waals surface area contributed by atoms with Crippen molar-refractivity contribution in [3.8, 4) is 17.1 Å². The zero-order chi connectivity index (χ0) is 23.7. The van der Waals surface area contributed by atoms with Gasteiger partial charge in [0, 0.05) is 11.6 Å². The van der Waals surface area contributed by atoms with Gasteiger partial charge in [-0.25, -0.2) is 9.69 Å². The van der Waals surface area contributed by atoms with E-state index >= 15 is 0 Å². The number of nitro benzene ring substituents is 1. The first-order valence-corrected chi connectivity index (χ1v) is 9.76. The van der Waals surface area contributed by atoms with Gasteiger partial charge in [-0.1, -0.05) is 11.6 Å². The summed E-state index contributed by atoms with van der Waals surface area (Å²) in [5, 5.41) is 13.2. The minimum absolute atomic E-state index is 0.0228. The number of hydrogen-bond donors (Lipinski definition) is 1. The molecular formula is C22H14ClN3O7. The molecule has 1 N–H and O–H groups in total. The second-order valence-electron chi connectivity index (χ2n) is 6.78. The van der Waals surface area contributed by atoms with Gasteiger partial charge in [-0.05, 0) is 54.6 Å². The molecule has 10 nitrogen and oxygen atoms in total. The topological polar surface area (TPSA) is 132 Å². The van der Waals surface area contributed by atoms with E-state index in [0.29, 0.717) is 11.3 Å². The van der Waals surface area contributed by atoms with Gasteiger partial charge in [-0.15, -0.1) is 0 Å². The Morgan fingerprint density at radius 3 is 2.48 bits per heavy atom. The number of barbiturate groups is 1. The Bertz CT molecular complexity index is 1330.